The predicted octanol–water partition coefficient (Wildman–Crippen LogP) is 1.89. The second-order valence-corrected chi connectivity index (χ2v) is 2.50. The molecular weight excluding hydrogens is 162 g/mol. The number of nitrogen functional groups attached to an aromatic ring is 2. The normalized spacial score (nSPS) is 8.54. The third-order valence-electron chi connectivity index (χ3n) is 1.50. The van der Waals surface area contributed by atoms with Crippen molar-refractivity contribution in [3.8, 4) is 0 Å². The number of hydrogen-bond acceptors (Lipinski definition) is 2. The molecule has 0 saturated carbocycles. The maximum Gasteiger partial charge on any atom is 0.124 e. The molecule has 1 rings (SSSR count). The number of nitrogens with two attached hydrogens (primary N) is 2. The molecule has 0 aliphatic heterocycles. The largest absolute Gasteiger partial charge is 0.398 e. The summed E-state index contributed by atoms with van der Waals surface area (Å²) in [4.78, 5) is 0. The molecule has 0 aliphatic rings. The smallest absolute Gasteiger partial charge is 0.124 e. The van der Waals surface area contributed by atoms with E-state index in [4.69, 9.17) is 16.9 Å². The second kappa shape index (κ2) is 5.19. The van der Waals surface area contributed by atoms with Gasteiger partial charge in [-0.25, -0.2) is 0 Å². The molecule has 0 atom stereocenters. The van der Waals surface area contributed by atoms with Crippen LogP contribution in [0.25, 0.3) is 0 Å². The first-order valence-corrected chi connectivity index (χ1v) is 4.32. The molecule has 0 unspecified atom stereocenters. The summed E-state index contributed by atoms with van der Waals surface area (Å²) in [5.41, 5.74) is 13.1. The van der Waals surface area contributed by atoms with E-state index in [0.29, 0.717) is 11.3 Å². The molecule has 0 radical (unpaired) electrons. The Morgan fingerprint density at radius 3 is 2.23 bits per heavy atom. The molecule has 0 aliphatic carbocycles. The Hall–Kier alpha value is -1.51. The number of hydrogen-bond donors (Lipinski definition) is 3. The fraction of sp³-hybridized carbons (Fsp3) is 0.300. The Balaban J connectivity index is 0.000000671. The molecular formula is C10H17N3. The summed E-state index contributed by atoms with van der Waals surface area (Å²) in [6.45, 7) is 5.94. The first-order chi connectivity index (χ1) is 6.11. The van der Waals surface area contributed by atoms with E-state index in [1.807, 2.05) is 26.8 Å². The molecule has 0 aromatic heterocycles. The number of amidine groups is 1. The maximum absolute atomic E-state index is 7.14. The van der Waals surface area contributed by atoms with E-state index in [2.05, 4.69) is 0 Å². The van der Waals surface area contributed by atoms with Crippen LogP contribution in [0.2, 0.25) is 0 Å². The van der Waals surface area contributed by atoms with Gasteiger partial charge < -0.3 is 11.5 Å². The molecule has 1 aromatic rings. The standard InChI is InChI=1S/C8H11N3.C2H6/c1-5-2-3-6(8(10)11)7(9)4-5;1-2/h2-4H,9H2,1H3,(H3,10,11);1-2H3. The van der Waals surface area contributed by atoms with Crippen LogP contribution in [0.5, 0.6) is 0 Å². The zero-order chi connectivity index (χ0) is 10.4. The maximum atomic E-state index is 7.14. The Morgan fingerprint density at radius 1 is 1.31 bits per heavy atom. The average Bonchev–Trinajstić information content (AvgIpc) is 2.07. The lowest BCUT2D eigenvalue weighted by Gasteiger charge is -2.03. The van der Waals surface area contributed by atoms with Gasteiger partial charge in [0.25, 0.3) is 0 Å². The molecule has 0 spiro atoms. The van der Waals surface area contributed by atoms with Crippen molar-refractivity contribution < 1.29 is 0 Å². The van der Waals surface area contributed by atoms with Gasteiger partial charge in [0.05, 0.1) is 0 Å². The minimum atomic E-state index is 0.0162. The zero-order valence-electron chi connectivity index (χ0n) is 8.39. The van der Waals surface area contributed by atoms with E-state index >= 15 is 0 Å². The van der Waals surface area contributed by atoms with Crippen molar-refractivity contribution >= 4 is 11.5 Å². The number of rotatable bonds is 1. The molecule has 1 aromatic carbocycles. The van der Waals surface area contributed by atoms with Gasteiger partial charge in [0, 0.05) is 11.3 Å². The SMILES string of the molecule is CC.Cc1ccc(C(=N)N)c(N)c1. The molecule has 3 nitrogen and oxygen atoms in total. The number of benzene rings is 1. The summed E-state index contributed by atoms with van der Waals surface area (Å²) in [6.07, 6.45) is 0. The summed E-state index contributed by atoms with van der Waals surface area (Å²) < 4.78 is 0. The van der Waals surface area contributed by atoms with Gasteiger partial charge in [0.1, 0.15) is 5.84 Å². The van der Waals surface area contributed by atoms with E-state index in [9.17, 15) is 0 Å². The average molecular weight is 179 g/mol. The van der Waals surface area contributed by atoms with Gasteiger partial charge in [0.15, 0.2) is 0 Å². The van der Waals surface area contributed by atoms with Gasteiger partial charge in [-0.2, -0.15) is 0 Å². The lowest BCUT2D eigenvalue weighted by atomic mass is 10.1. The highest BCUT2D eigenvalue weighted by Gasteiger charge is 2.00. The van der Waals surface area contributed by atoms with Crippen LogP contribution < -0.4 is 11.5 Å². The molecule has 3 heteroatoms. The summed E-state index contributed by atoms with van der Waals surface area (Å²) in [6, 6.07) is 5.44. The Labute approximate surface area is 79.3 Å². The summed E-state index contributed by atoms with van der Waals surface area (Å²) >= 11 is 0. The van der Waals surface area contributed by atoms with Crippen LogP contribution in [-0.2, 0) is 0 Å². The van der Waals surface area contributed by atoms with E-state index in [1.54, 1.807) is 12.1 Å². The van der Waals surface area contributed by atoms with Crippen LogP contribution in [0.3, 0.4) is 0 Å². The highest BCUT2D eigenvalue weighted by molar-refractivity contribution is 5.99. The summed E-state index contributed by atoms with van der Waals surface area (Å²) in [5, 5.41) is 7.14. The molecule has 0 fully saturated rings. The summed E-state index contributed by atoms with van der Waals surface area (Å²) in [5.74, 6) is 0.0162. The van der Waals surface area contributed by atoms with Gasteiger partial charge in [0.2, 0.25) is 0 Å². The third kappa shape index (κ3) is 3.15. The van der Waals surface area contributed by atoms with Crippen LogP contribution in [-0.4, -0.2) is 5.84 Å². The van der Waals surface area contributed by atoms with Crippen molar-refractivity contribution in [1.82, 2.24) is 0 Å². The van der Waals surface area contributed by atoms with Crippen molar-refractivity contribution in [2.45, 2.75) is 20.8 Å². The van der Waals surface area contributed by atoms with Gasteiger partial charge >= 0.3 is 0 Å². The first-order valence-electron chi connectivity index (χ1n) is 4.32. The molecule has 0 amide bonds. The first kappa shape index (κ1) is 11.5. The van der Waals surface area contributed by atoms with Crippen LogP contribution in [0, 0.1) is 12.3 Å². The van der Waals surface area contributed by atoms with E-state index < -0.39 is 0 Å². The number of anilines is 1. The molecule has 0 bridgehead atoms. The van der Waals surface area contributed by atoms with E-state index in [1.165, 1.54) is 0 Å². The van der Waals surface area contributed by atoms with Crippen LogP contribution in [0.1, 0.15) is 25.0 Å². The fourth-order valence-electron chi connectivity index (χ4n) is 0.927. The third-order valence-corrected chi connectivity index (χ3v) is 1.50. The topological polar surface area (TPSA) is 75.9 Å². The molecule has 72 valence electrons. The number of aryl methyl sites for hydroxylation is 1. The highest BCUT2D eigenvalue weighted by atomic mass is 14.7. The minimum absolute atomic E-state index is 0.0162. The van der Waals surface area contributed by atoms with Crippen LogP contribution in [0.15, 0.2) is 18.2 Å². The van der Waals surface area contributed by atoms with Crippen molar-refractivity contribution in [2.75, 3.05) is 5.73 Å². The highest BCUT2D eigenvalue weighted by Crippen LogP contribution is 2.12. The van der Waals surface area contributed by atoms with Crippen molar-refractivity contribution in [3.63, 3.8) is 0 Å². The Kier molecular flexibility index (Phi) is 4.59. The Morgan fingerprint density at radius 2 is 1.85 bits per heavy atom. The van der Waals surface area contributed by atoms with Crippen LogP contribution in [0.4, 0.5) is 5.69 Å². The lowest BCUT2D eigenvalue weighted by Crippen LogP contribution is -2.13. The van der Waals surface area contributed by atoms with Crippen molar-refractivity contribution in [3.05, 3.63) is 29.3 Å². The van der Waals surface area contributed by atoms with Crippen molar-refractivity contribution in [1.29, 1.82) is 5.41 Å². The van der Waals surface area contributed by atoms with Crippen LogP contribution >= 0.6 is 0 Å². The van der Waals surface area contributed by atoms with Gasteiger partial charge in [-0.15, -0.1) is 0 Å². The molecule has 0 heterocycles. The van der Waals surface area contributed by atoms with Gasteiger partial charge in [-0.05, 0) is 24.6 Å². The number of nitrogens with one attached hydrogen (secondary N) is 1. The van der Waals surface area contributed by atoms with E-state index in [0.717, 1.165) is 5.56 Å². The zero-order valence-corrected chi connectivity index (χ0v) is 8.39. The Bertz CT molecular complexity index is 292. The molecule has 0 saturated heterocycles. The van der Waals surface area contributed by atoms with Crippen molar-refractivity contribution in [2.24, 2.45) is 5.73 Å². The molecule has 5 N–H and O–H groups in total. The monoisotopic (exact) mass is 179 g/mol. The summed E-state index contributed by atoms with van der Waals surface area (Å²) in [7, 11) is 0. The van der Waals surface area contributed by atoms with E-state index in [-0.39, 0.29) is 5.84 Å². The minimum Gasteiger partial charge on any atom is -0.398 e. The van der Waals surface area contributed by atoms with Gasteiger partial charge in [-0.3, -0.25) is 5.41 Å². The quantitative estimate of drug-likeness (QED) is 0.350. The predicted molar refractivity (Wildman–Crippen MR) is 58.0 cm³/mol. The second-order valence-electron chi connectivity index (χ2n) is 2.50. The fourth-order valence-corrected chi connectivity index (χ4v) is 0.927. The van der Waals surface area contributed by atoms with Gasteiger partial charge in [-0.1, -0.05) is 19.9 Å². The molecule has 13 heavy (non-hydrogen) atoms. The lowest BCUT2D eigenvalue weighted by molar-refractivity contribution is 1.40.